The van der Waals surface area contributed by atoms with Crippen LogP contribution in [0, 0.1) is 6.92 Å². The van der Waals surface area contributed by atoms with Crippen molar-refractivity contribution < 1.29 is 4.79 Å². The summed E-state index contributed by atoms with van der Waals surface area (Å²) >= 11 is 0. The zero-order valence-electron chi connectivity index (χ0n) is 17.4. The second kappa shape index (κ2) is 8.41. The van der Waals surface area contributed by atoms with Gasteiger partial charge < -0.3 is 4.90 Å². The predicted molar refractivity (Wildman–Crippen MR) is 115 cm³/mol. The van der Waals surface area contributed by atoms with Gasteiger partial charge in [0.25, 0.3) is 5.91 Å². The Kier molecular flexibility index (Phi) is 5.52. The molecule has 4 aromatic rings. The SMILES string of the molecule is Cc1cc(C(=O)N(Cc2ccncc2)Cc2cccnc2)c2cnn(C(C)C)c2n1. The van der Waals surface area contributed by atoms with Crippen LogP contribution >= 0.6 is 0 Å². The first-order valence-electron chi connectivity index (χ1n) is 9.95. The van der Waals surface area contributed by atoms with E-state index >= 15 is 0 Å². The van der Waals surface area contributed by atoms with Gasteiger partial charge in [-0.25, -0.2) is 9.67 Å². The lowest BCUT2D eigenvalue weighted by molar-refractivity contribution is 0.0731. The van der Waals surface area contributed by atoms with Gasteiger partial charge in [0, 0.05) is 49.6 Å². The Morgan fingerprint density at radius 2 is 1.80 bits per heavy atom. The minimum absolute atomic E-state index is 0.0607. The number of fused-ring (bicyclic) bond motifs is 1. The fourth-order valence-electron chi connectivity index (χ4n) is 3.49. The van der Waals surface area contributed by atoms with E-state index in [0.717, 1.165) is 27.9 Å². The van der Waals surface area contributed by atoms with Gasteiger partial charge in [-0.15, -0.1) is 0 Å². The van der Waals surface area contributed by atoms with Crippen molar-refractivity contribution >= 4 is 16.9 Å². The monoisotopic (exact) mass is 400 g/mol. The third-order valence-corrected chi connectivity index (χ3v) is 4.92. The summed E-state index contributed by atoms with van der Waals surface area (Å²) in [6.45, 7) is 6.93. The van der Waals surface area contributed by atoms with Crippen LogP contribution in [0.15, 0.2) is 61.3 Å². The Hall–Kier alpha value is -3.61. The van der Waals surface area contributed by atoms with Crippen LogP contribution in [0.2, 0.25) is 0 Å². The second-order valence-corrected chi connectivity index (χ2v) is 7.61. The van der Waals surface area contributed by atoms with Crippen LogP contribution in [-0.2, 0) is 13.1 Å². The number of amides is 1. The summed E-state index contributed by atoms with van der Waals surface area (Å²) in [5, 5.41) is 5.24. The Morgan fingerprint density at radius 3 is 2.50 bits per heavy atom. The number of carbonyl (C=O) groups excluding carboxylic acids is 1. The quantitative estimate of drug-likeness (QED) is 0.490. The Balaban J connectivity index is 1.76. The zero-order valence-corrected chi connectivity index (χ0v) is 17.4. The molecule has 30 heavy (non-hydrogen) atoms. The van der Waals surface area contributed by atoms with Crippen molar-refractivity contribution in [1.82, 2.24) is 29.6 Å². The number of pyridine rings is 3. The number of rotatable bonds is 6. The molecule has 0 radical (unpaired) electrons. The summed E-state index contributed by atoms with van der Waals surface area (Å²) in [5.41, 5.74) is 4.13. The van der Waals surface area contributed by atoms with E-state index in [9.17, 15) is 4.79 Å². The first-order valence-corrected chi connectivity index (χ1v) is 9.95. The average Bonchev–Trinajstić information content (AvgIpc) is 3.18. The number of aromatic nitrogens is 5. The zero-order chi connectivity index (χ0) is 21.1. The standard InChI is InChI=1S/C23H24N6O/c1-16(2)29-22-21(13-26-29)20(11-17(3)27-22)23(30)28(14-18-6-9-24-10-7-18)15-19-5-4-8-25-12-19/h4-13,16H,14-15H2,1-3H3. The molecule has 0 aliphatic rings. The number of aryl methyl sites for hydroxylation is 1. The highest BCUT2D eigenvalue weighted by Gasteiger charge is 2.22. The van der Waals surface area contributed by atoms with E-state index in [-0.39, 0.29) is 11.9 Å². The lowest BCUT2D eigenvalue weighted by Crippen LogP contribution is -2.30. The van der Waals surface area contributed by atoms with Gasteiger partial charge in [-0.3, -0.25) is 14.8 Å². The fourth-order valence-corrected chi connectivity index (χ4v) is 3.49. The Labute approximate surface area is 175 Å². The maximum absolute atomic E-state index is 13.7. The van der Waals surface area contributed by atoms with Crippen LogP contribution in [0.4, 0.5) is 0 Å². The van der Waals surface area contributed by atoms with E-state index in [1.54, 1.807) is 31.0 Å². The molecule has 0 aliphatic carbocycles. The first kappa shape index (κ1) is 19.7. The predicted octanol–water partition coefficient (Wildman–Crippen LogP) is 3.95. The molecule has 152 valence electrons. The molecule has 0 bridgehead atoms. The summed E-state index contributed by atoms with van der Waals surface area (Å²) < 4.78 is 1.85. The largest absolute Gasteiger partial charge is 0.330 e. The lowest BCUT2D eigenvalue weighted by atomic mass is 10.1. The van der Waals surface area contributed by atoms with Crippen molar-refractivity contribution in [1.29, 1.82) is 0 Å². The highest BCUT2D eigenvalue weighted by atomic mass is 16.2. The van der Waals surface area contributed by atoms with Gasteiger partial charge in [-0.2, -0.15) is 5.10 Å². The van der Waals surface area contributed by atoms with Crippen LogP contribution in [0.3, 0.4) is 0 Å². The summed E-state index contributed by atoms with van der Waals surface area (Å²) in [6.07, 6.45) is 8.74. The minimum atomic E-state index is -0.0607. The lowest BCUT2D eigenvalue weighted by Gasteiger charge is -2.23. The van der Waals surface area contributed by atoms with Crippen LogP contribution < -0.4 is 0 Å². The number of nitrogens with zero attached hydrogens (tertiary/aromatic N) is 6. The maximum atomic E-state index is 13.7. The van der Waals surface area contributed by atoms with E-state index in [2.05, 4.69) is 33.9 Å². The minimum Gasteiger partial charge on any atom is -0.330 e. The molecule has 0 N–H and O–H groups in total. The van der Waals surface area contributed by atoms with E-state index in [0.29, 0.717) is 18.7 Å². The van der Waals surface area contributed by atoms with Gasteiger partial charge >= 0.3 is 0 Å². The van der Waals surface area contributed by atoms with Crippen LogP contribution in [0.1, 0.15) is 47.1 Å². The highest BCUT2D eigenvalue weighted by Crippen LogP contribution is 2.23. The van der Waals surface area contributed by atoms with E-state index in [1.807, 2.05) is 46.8 Å². The average molecular weight is 400 g/mol. The molecule has 0 spiro atoms. The molecule has 4 rings (SSSR count). The molecule has 4 aromatic heterocycles. The molecule has 1 amide bonds. The second-order valence-electron chi connectivity index (χ2n) is 7.61. The van der Waals surface area contributed by atoms with Crippen molar-refractivity contribution in [3.8, 4) is 0 Å². The van der Waals surface area contributed by atoms with E-state index < -0.39 is 0 Å². The van der Waals surface area contributed by atoms with Crippen LogP contribution in [0.25, 0.3) is 11.0 Å². The molecule has 7 nitrogen and oxygen atoms in total. The van der Waals surface area contributed by atoms with Crippen molar-refractivity contribution in [3.05, 3.63) is 83.7 Å². The molecular formula is C23H24N6O. The Bertz CT molecular complexity index is 1110. The third-order valence-electron chi connectivity index (χ3n) is 4.92. The van der Waals surface area contributed by atoms with Gasteiger partial charge in [-0.1, -0.05) is 6.07 Å². The molecule has 0 saturated carbocycles. The number of hydrogen-bond acceptors (Lipinski definition) is 5. The van der Waals surface area contributed by atoms with Gasteiger partial charge in [0.1, 0.15) is 0 Å². The highest BCUT2D eigenvalue weighted by molar-refractivity contribution is 6.05. The fraction of sp³-hybridized carbons (Fsp3) is 0.261. The number of carbonyl (C=O) groups is 1. The van der Waals surface area contributed by atoms with Gasteiger partial charge in [0.05, 0.1) is 17.1 Å². The summed E-state index contributed by atoms with van der Waals surface area (Å²) in [6, 6.07) is 9.71. The third kappa shape index (κ3) is 4.05. The normalized spacial score (nSPS) is 11.2. The van der Waals surface area contributed by atoms with Gasteiger partial charge in [0.15, 0.2) is 5.65 Å². The summed E-state index contributed by atoms with van der Waals surface area (Å²) in [7, 11) is 0. The van der Waals surface area contributed by atoms with Crippen molar-refractivity contribution in [2.45, 2.75) is 39.9 Å². The van der Waals surface area contributed by atoms with Crippen molar-refractivity contribution in [3.63, 3.8) is 0 Å². The Morgan fingerprint density at radius 1 is 1.03 bits per heavy atom. The molecule has 0 aliphatic heterocycles. The van der Waals surface area contributed by atoms with Gasteiger partial charge in [0.2, 0.25) is 0 Å². The molecule has 0 fully saturated rings. The molecule has 0 aromatic carbocycles. The molecule has 4 heterocycles. The topological polar surface area (TPSA) is 76.8 Å². The maximum Gasteiger partial charge on any atom is 0.255 e. The van der Waals surface area contributed by atoms with Gasteiger partial charge in [-0.05, 0) is 56.2 Å². The van der Waals surface area contributed by atoms with E-state index in [4.69, 9.17) is 0 Å². The molecule has 0 saturated heterocycles. The smallest absolute Gasteiger partial charge is 0.255 e. The molecule has 7 heteroatoms. The summed E-state index contributed by atoms with van der Waals surface area (Å²) in [4.78, 5) is 28.5. The molecule has 0 atom stereocenters. The molecule has 0 unspecified atom stereocenters. The molecular weight excluding hydrogens is 376 g/mol. The van der Waals surface area contributed by atoms with Crippen LogP contribution in [0.5, 0.6) is 0 Å². The summed E-state index contributed by atoms with van der Waals surface area (Å²) in [5.74, 6) is -0.0607. The van der Waals surface area contributed by atoms with E-state index in [1.165, 1.54) is 0 Å². The van der Waals surface area contributed by atoms with Crippen LogP contribution in [-0.4, -0.2) is 35.5 Å². The first-order chi connectivity index (χ1) is 14.5. The van der Waals surface area contributed by atoms with Crippen molar-refractivity contribution in [2.75, 3.05) is 0 Å². The number of hydrogen-bond donors (Lipinski definition) is 0. The van der Waals surface area contributed by atoms with Crippen molar-refractivity contribution in [2.24, 2.45) is 0 Å².